The maximum Gasteiger partial charge on any atom is 0.304 e. The molecule has 0 fully saturated rings. The average molecular weight is 265 g/mol. The second-order valence-electron chi connectivity index (χ2n) is 4.90. The Morgan fingerprint density at radius 3 is 2.74 bits per heavy atom. The minimum absolute atomic E-state index is 0.0297. The summed E-state index contributed by atoms with van der Waals surface area (Å²) in [6.07, 6.45) is 0.130. The van der Waals surface area contributed by atoms with Gasteiger partial charge in [0, 0.05) is 12.1 Å². The molecule has 2 rings (SSSR count). The highest BCUT2D eigenvalue weighted by atomic mass is 16.7. The zero-order chi connectivity index (χ0) is 14.0. The Bertz CT molecular complexity index is 475. The van der Waals surface area contributed by atoms with Gasteiger partial charge < -0.3 is 14.6 Å². The van der Waals surface area contributed by atoms with E-state index in [1.807, 2.05) is 37.1 Å². The molecule has 0 saturated carbocycles. The molecule has 0 spiro atoms. The van der Waals surface area contributed by atoms with Crippen LogP contribution >= 0.6 is 0 Å². The summed E-state index contributed by atoms with van der Waals surface area (Å²) in [5.41, 5.74) is 1.09. The van der Waals surface area contributed by atoms with Crippen molar-refractivity contribution in [1.29, 1.82) is 0 Å². The van der Waals surface area contributed by atoms with Crippen LogP contribution in [0.2, 0.25) is 0 Å². The van der Waals surface area contributed by atoms with E-state index in [0.29, 0.717) is 0 Å². The molecule has 104 valence electrons. The summed E-state index contributed by atoms with van der Waals surface area (Å²) in [6.45, 7) is 4.23. The second kappa shape index (κ2) is 5.48. The van der Waals surface area contributed by atoms with Crippen molar-refractivity contribution in [3.8, 4) is 11.5 Å². The zero-order valence-corrected chi connectivity index (χ0v) is 11.4. The highest BCUT2D eigenvalue weighted by Crippen LogP contribution is 2.35. The number of hydrogen-bond donors (Lipinski definition) is 1. The Balaban J connectivity index is 2.10. The van der Waals surface area contributed by atoms with Crippen LogP contribution in [-0.4, -0.2) is 35.9 Å². The van der Waals surface area contributed by atoms with E-state index < -0.39 is 5.97 Å². The number of carboxylic acids is 1. The lowest BCUT2D eigenvalue weighted by molar-refractivity contribution is -0.138. The number of carboxylic acid groups (broad SMARTS) is 1. The molecule has 1 aliphatic rings. The monoisotopic (exact) mass is 265 g/mol. The van der Waals surface area contributed by atoms with E-state index >= 15 is 0 Å². The normalized spacial score (nSPS) is 16.4. The molecule has 2 unspecified atom stereocenters. The van der Waals surface area contributed by atoms with Crippen LogP contribution in [0.25, 0.3) is 0 Å². The van der Waals surface area contributed by atoms with Crippen molar-refractivity contribution >= 4 is 5.97 Å². The molecular formula is C14H19NO4. The summed E-state index contributed by atoms with van der Waals surface area (Å²) in [7, 11) is 1.93. The van der Waals surface area contributed by atoms with Gasteiger partial charge in [0.05, 0.1) is 6.42 Å². The second-order valence-corrected chi connectivity index (χ2v) is 4.90. The summed E-state index contributed by atoms with van der Waals surface area (Å²) in [5, 5.41) is 8.85. The van der Waals surface area contributed by atoms with Gasteiger partial charge in [-0.05, 0) is 38.6 Å². The van der Waals surface area contributed by atoms with Crippen molar-refractivity contribution in [3.63, 3.8) is 0 Å². The van der Waals surface area contributed by atoms with Gasteiger partial charge in [0.2, 0.25) is 6.79 Å². The van der Waals surface area contributed by atoms with Gasteiger partial charge in [0.15, 0.2) is 11.5 Å². The van der Waals surface area contributed by atoms with Crippen molar-refractivity contribution in [3.05, 3.63) is 23.8 Å². The predicted octanol–water partition coefficient (Wildman–Crippen LogP) is 2.27. The van der Waals surface area contributed by atoms with Gasteiger partial charge in [-0.1, -0.05) is 6.07 Å². The first-order chi connectivity index (χ1) is 8.99. The lowest BCUT2D eigenvalue weighted by atomic mass is 10.0. The van der Waals surface area contributed by atoms with Crippen LogP contribution in [0.15, 0.2) is 18.2 Å². The Labute approximate surface area is 112 Å². The molecule has 5 heteroatoms. The van der Waals surface area contributed by atoms with Crippen molar-refractivity contribution < 1.29 is 19.4 Å². The highest BCUT2D eigenvalue weighted by molar-refractivity contribution is 5.67. The summed E-state index contributed by atoms with van der Waals surface area (Å²) in [5.74, 6) is 0.734. The fraction of sp³-hybridized carbons (Fsp3) is 0.500. The van der Waals surface area contributed by atoms with Crippen molar-refractivity contribution in [2.45, 2.75) is 32.4 Å². The number of benzene rings is 1. The van der Waals surface area contributed by atoms with E-state index in [4.69, 9.17) is 14.6 Å². The van der Waals surface area contributed by atoms with Gasteiger partial charge in [-0.3, -0.25) is 9.69 Å². The molecule has 2 atom stereocenters. The summed E-state index contributed by atoms with van der Waals surface area (Å²) < 4.78 is 10.6. The molecule has 1 aromatic rings. The molecule has 1 N–H and O–H groups in total. The zero-order valence-electron chi connectivity index (χ0n) is 11.4. The molecule has 0 bridgehead atoms. The average Bonchev–Trinajstić information content (AvgIpc) is 2.83. The number of fused-ring (bicyclic) bond motifs is 1. The van der Waals surface area contributed by atoms with Crippen molar-refractivity contribution in [2.24, 2.45) is 0 Å². The SMILES string of the molecule is CC(CC(=O)O)N(C)C(C)c1ccc2c(c1)OCO2. The fourth-order valence-corrected chi connectivity index (χ4v) is 2.19. The molecule has 19 heavy (non-hydrogen) atoms. The van der Waals surface area contributed by atoms with Crippen LogP contribution < -0.4 is 9.47 Å². The van der Waals surface area contributed by atoms with Crippen LogP contribution in [-0.2, 0) is 4.79 Å². The van der Waals surface area contributed by atoms with Gasteiger partial charge in [-0.2, -0.15) is 0 Å². The molecule has 1 aliphatic heterocycles. The molecule has 0 saturated heterocycles. The number of nitrogens with zero attached hydrogens (tertiary/aromatic N) is 1. The third-order valence-electron chi connectivity index (χ3n) is 3.66. The van der Waals surface area contributed by atoms with Crippen LogP contribution in [0.4, 0.5) is 0 Å². The van der Waals surface area contributed by atoms with E-state index in [1.165, 1.54) is 0 Å². The molecule has 1 heterocycles. The third kappa shape index (κ3) is 2.98. The number of ether oxygens (including phenoxy) is 2. The van der Waals surface area contributed by atoms with E-state index in [2.05, 4.69) is 6.92 Å². The van der Waals surface area contributed by atoms with E-state index in [0.717, 1.165) is 17.1 Å². The molecule has 5 nitrogen and oxygen atoms in total. The smallest absolute Gasteiger partial charge is 0.304 e. The molecule has 0 amide bonds. The van der Waals surface area contributed by atoms with Crippen LogP contribution in [0.3, 0.4) is 0 Å². The minimum atomic E-state index is -0.780. The Kier molecular flexibility index (Phi) is 3.95. The van der Waals surface area contributed by atoms with Crippen LogP contribution in [0.5, 0.6) is 11.5 Å². The van der Waals surface area contributed by atoms with E-state index in [9.17, 15) is 4.79 Å². The van der Waals surface area contributed by atoms with E-state index in [1.54, 1.807) is 0 Å². The Morgan fingerprint density at radius 2 is 2.05 bits per heavy atom. The number of aliphatic carboxylic acids is 1. The number of rotatable bonds is 5. The molecule has 1 aromatic carbocycles. The highest BCUT2D eigenvalue weighted by Gasteiger charge is 2.22. The molecule has 0 aromatic heterocycles. The van der Waals surface area contributed by atoms with Gasteiger partial charge >= 0.3 is 5.97 Å². The molecule has 0 aliphatic carbocycles. The lowest BCUT2D eigenvalue weighted by Gasteiger charge is -2.30. The van der Waals surface area contributed by atoms with Crippen LogP contribution in [0.1, 0.15) is 31.9 Å². The first-order valence-electron chi connectivity index (χ1n) is 6.32. The third-order valence-corrected chi connectivity index (χ3v) is 3.66. The summed E-state index contributed by atoms with van der Waals surface area (Å²) in [4.78, 5) is 12.8. The standard InChI is InChI=1S/C14H19NO4/c1-9(6-14(16)17)15(3)10(2)11-4-5-12-13(7-11)19-8-18-12/h4-5,7,9-10H,6,8H2,1-3H3,(H,16,17). The Morgan fingerprint density at radius 1 is 1.37 bits per heavy atom. The fourth-order valence-electron chi connectivity index (χ4n) is 2.19. The molecular weight excluding hydrogens is 246 g/mol. The lowest BCUT2D eigenvalue weighted by Crippen LogP contribution is -2.33. The first kappa shape index (κ1) is 13.7. The maximum absolute atomic E-state index is 10.8. The predicted molar refractivity (Wildman–Crippen MR) is 70.5 cm³/mol. The van der Waals surface area contributed by atoms with Crippen molar-refractivity contribution in [1.82, 2.24) is 4.90 Å². The van der Waals surface area contributed by atoms with Crippen molar-refractivity contribution in [2.75, 3.05) is 13.8 Å². The van der Waals surface area contributed by atoms with Gasteiger partial charge in [0.25, 0.3) is 0 Å². The quantitative estimate of drug-likeness (QED) is 0.885. The Hall–Kier alpha value is -1.75. The minimum Gasteiger partial charge on any atom is -0.481 e. The van der Waals surface area contributed by atoms with Gasteiger partial charge in [-0.15, -0.1) is 0 Å². The van der Waals surface area contributed by atoms with Gasteiger partial charge in [-0.25, -0.2) is 0 Å². The topological polar surface area (TPSA) is 59.0 Å². The largest absolute Gasteiger partial charge is 0.481 e. The maximum atomic E-state index is 10.8. The summed E-state index contributed by atoms with van der Waals surface area (Å²) in [6, 6.07) is 5.92. The van der Waals surface area contributed by atoms with Gasteiger partial charge in [0.1, 0.15) is 0 Å². The van der Waals surface area contributed by atoms with Crippen LogP contribution in [0, 0.1) is 0 Å². The first-order valence-corrected chi connectivity index (χ1v) is 6.32. The number of hydrogen-bond acceptors (Lipinski definition) is 4. The summed E-state index contributed by atoms with van der Waals surface area (Å²) >= 11 is 0. The van der Waals surface area contributed by atoms with E-state index in [-0.39, 0.29) is 25.3 Å². The number of carbonyl (C=O) groups is 1. The molecule has 0 radical (unpaired) electrons.